The van der Waals surface area contributed by atoms with Gasteiger partial charge in [-0.1, -0.05) is 17.7 Å². The Morgan fingerprint density at radius 1 is 1.12 bits per heavy atom. The maximum Gasteiger partial charge on any atom is 0.226 e. The lowest BCUT2D eigenvalue weighted by Crippen LogP contribution is -2.34. The Kier molecular flexibility index (Phi) is 4.55. The molecule has 5 nitrogen and oxygen atoms in total. The standard InChI is InChI=1S/C19H22N2O3/c1-13-4-7-15(8-5-13)18-21-16(11-23-18)10-20-12-19(3,22)17-9-6-14(2)24-17/h4-9,11,20,22H,10,12H2,1-3H3. The number of aromatic nitrogens is 1. The average Bonchev–Trinajstić information content (AvgIpc) is 3.17. The minimum Gasteiger partial charge on any atom is -0.463 e. The summed E-state index contributed by atoms with van der Waals surface area (Å²) in [5, 5.41) is 13.7. The van der Waals surface area contributed by atoms with Gasteiger partial charge >= 0.3 is 0 Å². The molecule has 3 rings (SSSR count). The van der Waals surface area contributed by atoms with Gasteiger partial charge in [0.25, 0.3) is 0 Å². The zero-order chi connectivity index (χ0) is 17.2. The van der Waals surface area contributed by atoms with E-state index in [1.54, 1.807) is 19.3 Å². The Morgan fingerprint density at radius 3 is 2.54 bits per heavy atom. The molecule has 0 saturated heterocycles. The van der Waals surface area contributed by atoms with Gasteiger partial charge in [-0.2, -0.15) is 0 Å². The van der Waals surface area contributed by atoms with Crippen molar-refractivity contribution in [3.63, 3.8) is 0 Å². The summed E-state index contributed by atoms with van der Waals surface area (Å²) >= 11 is 0. The summed E-state index contributed by atoms with van der Waals surface area (Å²) in [6.07, 6.45) is 1.63. The molecule has 5 heteroatoms. The SMILES string of the molecule is Cc1ccc(-c2nc(CNCC(C)(O)c3ccc(C)o3)co2)cc1. The average molecular weight is 326 g/mol. The zero-order valence-corrected chi connectivity index (χ0v) is 14.2. The molecule has 0 aliphatic heterocycles. The number of rotatable bonds is 6. The van der Waals surface area contributed by atoms with Crippen molar-refractivity contribution in [2.75, 3.05) is 6.54 Å². The van der Waals surface area contributed by atoms with Gasteiger partial charge in [-0.3, -0.25) is 0 Å². The minimum atomic E-state index is -1.07. The van der Waals surface area contributed by atoms with Gasteiger partial charge in [-0.05, 0) is 45.0 Å². The summed E-state index contributed by atoms with van der Waals surface area (Å²) < 4.78 is 11.0. The van der Waals surface area contributed by atoms with Crippen molar-refractivity contribution in [2.45, 2.75) is 32.9 Å². The topological polar surface area (TPSA) is 71.4 Å². The molecule has 0 amide bonds. The molecule has 0 aliphatic carbocycles. The molecule has 0 spiro atoms. The molecule has 1 unspecified atom stereocenters. The van der Waals surface area contributed by atoms with E-state index in [0.717, 1.165) is 17.0 Å². The van der Waals surface area contributed by atoms with Gasteiger partial charge in [0.2, 0.25) is 5.89 Å². The second-order valence-corrected chi connectivity index (χ2v) is 6.30. The fourth-order valence-electron chi connectivity index (χ4n) is 2.46. The van der Waals surface area contributed by atoms with Crippen molar-refractivity contribution in [1.82, 2.24) is 10.3 Å². The monoisotopic (exact) mass is 326 g/mol. The Hall–Kier alpha value is -2.37. The van der Waals surface area contributed by atoms with Crippen molar-refractivity contribution in [2.24, 2.45) is 0 Å². The highest BCUT2D eigenvalue weighted by Gasteiger charge is 2.26. The molecule has 126 valence electrons. The van der Waals surface area contributed by atoms with Crippen LogP contribution in [0.3, 0.4) is 0 Å². The number of hydrogen-bond acceptors (Lipinski definition) is 5. The van der Waals surface area contributed by atoms with Crippen LogP contribution in [0.2, 0.25) is 0 Å². The summed E-state index contributed by atoms with van der Waals surface area (Å²) in [6.45, 7) is 6.48. The summed E-state index contributed by atoms with van der Waals surface area (Å²) in [6, 6.07) is 11.7. The van der Waals surface area contributed by atoms with E-state index < -0.39 is 5.60 Å². The van der Waals surface area contributed by atoms with Crippen LogP contribution in [0.15, 0.2) is 51.5 Å². The predicted molar refractivity (Wildman–Crippen MR) is 91.4 cm³/mol. The van der Waals surface area contributed by atoms with Crippen molar-refractivity contribution in [3.05, 3.63) is 65.4 Å². The third-order valence-corrected chi connectivity index (χ3v) is 3.90. The van der Waals surface area contributed by atoms with Crippen molar-refractivity contribution >= 4 is 0 Å². The molecule has 1 atom stereocenters. The van der Waals surface area contributed by atoms with Crippen molar-refractivity contribution in [3.8, 4) is 11.5 Å². The Morgan fingerprint density at radius 2 is 1.88 bits per heavy atom. The van der Waals surface area contributed by atoms with E-state index >= 15 is 0 Å². The first-order valence-electron chi connectivity index (χ1n) is 7.95. The van der Waals surface area contributed by atoms with Gasteiger partial charge in [0.15, 0.2) is 0 Å². The highest BCUT2D eigenvalue weighted by Crippen LogP contribution is 2.22. The molecule has 0 saturated carbocycles. The lowest BCUT2D eigenvalue weighted by Gasteiger charge is -2.21. The van der Waals surface area contributed by atoms with Crippen molar-refractivity contribution in [1.29, 1.82) is 0 Å². The van der Waals surface area contributed by atoms with E-state index in [2.05, 4.69) is 10.3 Å². The molecule has 2 N–H and O–H groups in total. The van der Waals surface area contributed by atoms with E-state index in [4.69, 9.17) is 8.83 Å². The number of hydrogen-bond donors (Lipinski definition) is 2. The number of nitrogens with zero attached hydrogens (tertiary/aromatic N) is 1. The third kappa shape index (κ3) is 3.75. The van der Waals surface area contributed by atoms with Crippen LogP contribution in [0.25, 0.3) is 11.5 Å². The summed E-state index contributed by atoms with van der Waals surface area (Å²) in [7, 11) is 0. The molecule has 0 fully saturated rings. The second-order valence-electron chi connectivity index (χ2n) is 6.30. The number of aliphatic hydroxyl groups is 1. The fourth-order valence-corrected chi connectivity index (χ4v) is 2.46. The van der Waals surface area contributed by atoms with Crippen LogP contribution in [0, 0.1) is 13.8 Å². The van der Waals surface area contributed by atoms with E-state index in [1.165, 1.54) is 5.56 Å². The maximum absolute atomic E-state index is 10.5. The largest absolute Gasteiger partial charge is 0.463 e. The molecule has 24 heavy (non-hydrogen) atoms. The molecular weight excluding hydrogens is 304 g/mol. The van der Waals surface area contributed by atoms with Crippen LogP contribution in [-0.4, -0.2) is 16.6 Å². The molecule has 1 aromatic carbocycles. The number of benzene rings is 1. The van der Waals surface area contributed by atoms with Gasteiger partial charge < -0.3 is 19.3 Å². The normalized spacial score (nSPS) is 13.8. The molecular formula is C19H22N2O3. The number of nitrogens with one attached hydrogen (secondary N) is 1. The minimum absolute atomic E-state index is 0.354. The molecule has 2 aromatic heterocycles. The van der Waals surface area contributed by atoms with Crippen molar-refractivity contribution < 1.29 is 13.9 Å². The first-order valence-corrected chi connectivity index (χ1v) is 7.95. The molecule has 2 heterocycles. The van der Waals surface area contributed by atoms with E-state index in [0.29, 0.717) is 24.7 Å². The summed E-state index contributed by atoms with van der Waals surface area (Å²) in [5.41, 5.74) is 1.86. The van der Waals surface area contributed by atoms with Crippen LogP contribution >= 0.6 is 0 Å². The smallest absolute Gasteiger partial charge is 0.226 e. The fraction of sp³-hybridized carbons (Fsp3) is 0.316. The van der Waals surface area contributed by atoms with Crippen LogP contribution in [0.1, 0.15) is 29.7 Å². The predicted octanol–water partition coefficient (Wildman–Crippen LogP) is 3.55. The lowest BCUT2D eigenvalue weighted by atomic mass is 10.0. The first-order chi connectivity index (χ1) is 11.4. The molecule has 3 aromatic rings. The van der Waals surface area contributed by atoms with E-state index in [1.807, 2.05) is 44.2 Å². The van der Waals surface area contributed by atoms with Gasteiger partial charge in [0.1, 0.15) is 23.4 Å². The Balaban J connectivity index is 1.58. The quantitative estimate of drug-likeness (QED) is 0.725. The molecule has 0 bridgehead atoms. The Labute approximate surface area is 141 Å². The number of oxazole rings is 1. The Bertz CT molecular complexity index is 800. The van der Waals surface area contributed by atoms with Gasteiger partial charge in [-0.25, -0.2) is 4.98 Å². The number of aryl methyl sites for hydroxylation is 2. The van der Waals surface area contributed by atoms with Gasteiger partial charge in [0.05, 0.1) is 5.69 Å². The maximum atomic E-state index is 10.5. The third-order valence-electron chi connectivity index (χ3n) is 3.90. The second kappa shape index (κ2) is 6.63. The van der Waals surface area contributed by atoms with E-state index in [-0.39, 0.29) is 0 Å². The summed E-state index contributed by atoms with van der Waals surface area (Å²) in [4.78, 5) is 4.47. The first kappa shape index (κ1) is 16.5. The van der Waals surface area contributed by atoms with Crippen LogP contribution in [0.5, 0.6) is 0 Å². The lowest BCUT2D eigenvalue weighted by molar-refractivity contribution is 0.0332. The molecule has 0 aliphatic rings. The van der Waals surface area contributed by atoms with Crippen LogP contribution in [0.4, 0.5) is 0 Å². The van der Waals surface area contributed by atoms with Gasteiger partial charge in [-0.15, -0.1) is 0 Å². The highest BCUT2D eigenvalue weighted by molar-refractivity contribution is 5.53. The van der Waals surface area contributed by atoms with Crippen LogP contribution in [-0.2, 0) is 12.1 Å². The van der Waals surface area contributed by atoms with Gasteiger partial charge in [0, 0.05) is 18.7 Å². The number of furan rings is 1. The highest BCUT2D eigenvalue weighted by atomic mass is 16.4. The summed E-state index contributed by atoms with van der Waals surface area (Å²) in [5.74, 6) is 1.93. The zero-order valence-electron chi connectivity index (χ0n) is 14.2. The van der Waals surface area contributed by atoms with E-state index in [9.17, 15) is 5.11 Å². The van der Waals surface area contributed by atoms with Crippen LogP contribution < -0.4 is 5.32 Å². The molecule has 0 radical (unpaired) electrons.